The average Bonchev–Trinajstić information content (AvgIpc) is 3.46. The summed E-state index contributed by atoms with van der Waals surface area (Å²) in [5, 5.41) is 5.58. The molecule has 2 aliphatic carbocycles. The SMILES string of the molecule is CC1CCC(N(CC(=O)NCC(=O)Nc2ccccc2Br)C2CC2)CC1. The van der Waals surface area contributed by atoms with Crippen molar-refractivity contribution in [2.45, 2.75) is 57.5 Å². The van der Waals surface area contributed by atoms with E-state index in [1.54, 1.807) is 0 Å². The van der Waals surface area contributed by atoms with E-state index in [0.717, 1.165) is 10.4 Å². The highest BCUT2D eigenvalue weighted by atomic mass is 79.9. The minimum absolute atomic E-state index is 0.000372. The molecule has 0 atom stereocenters. The number of amides is 2. The fourth-order valence-electron chi connectivity index (χ4n) is 3.69. The second-order valence-corrected chi connectivity index (χ2v) is 8.48. The van der Waals surface area contributed by atoms with Crippen LogP contribution in [0.5, 0.6) is 0 Å². The normalized spacial score (nSPS) is 22.9. The van der Waals surface area contributed by atoms with E-state index in [1.807, 2.05) is 24.3 Å². The lowest BCUT2D eigenvalue weighted by molar-refractivity contribution is -0.125. The zero-order valence-corrected chi connectivity index (χ0v) is 16.9. The van der Waals surface area contributed by atoms with Gasteiger partial charge in [-0.05, 0) is 72.5 Å². The van der Waals surface area contributed by atoms with Crippen molar-refractivity contribution >= 4 is 33.4 Å². The molecule has 0 spiro atoms. The number of rotatable bonds is 7. The summed E-state index contributed by atoms with van der Waals surface area (Å²) in [5.74, 6) is 0.537. The monoisotopic (exact) mass is 421 g/mol. The van der Waals surface area contributed by atoms with Gasteiger partial charge in [-0.2, -0.15) is 0 Å². The van der Waals surface area contributed by atoms with E-state index in [2.05, 4.69) is 38.4 Å². The minimum atomic E-state index is -0.213. The van der Waals surface area contributed by atoms with E-state index in [1.165, 1.54) is 38.5 Å². The largest absolute Gasteiger partial charge is 0.346 e. The van der Waals surface area contributed by atoms with Gasteiger partial charge in [-0.3, -0.25) is 14.5 Å². The predicted octanol–water partition coefficient (Wildman–Crippen LogP) is 3.55. The van der Waals surface area contributed by atoms with Crippen molar-refractivity contribution in [1.29, 1.82) is 0 Å². The predicted molar refractivity (Wildman–Crippen MR) is 107 cm³/mol. The molecule has 0 radical (unpaired) electrons. The zero-order chi connectivity index (χ0) is 18.5. The quantitative estimate of drug-likeness (QED) is 0.707. The first-order valence-electron chi connectivity index (χ1n) is 9.59. The van der Waals surface area contributed by atoms with Crippen molar-refractivity contribution in [2.75, 3.05) is 18.4 Å². The van der Waals surface area contributed by atoms with Crippen molar-refractivity contribution < 1.29 is 9.59 Å². The van der Waals surface area contributed by atoms with Crippen LogP contribution in [-0.4, -0.2) is 41.9 Å². The Hall–Kier alpha value is -1.40. The number of nitrogens with zero attached hydrogens (tertiary/aromatic N) is 1. The van der Waals surface area contributed by atoms with Crippen molar-refractivity contribution in [3.8, 4) is 0 Å². The summed E-state index contributed by atoms with van der Waals surface area (Å²) < 4.78 is 0.825. The zero-order valence-electron chi connectivity index (χ0n) is 15.3. The summed E-state index contributed by atoms with van der Waals surface area (Å²) in [7, 11) is 0. The summed E-state index contributed by atoms with van der Waals surface area (Å²) in [5.41, 5.74) is 0.711. The first kappa shape index (κ1) is 19.4. The summed E-state index contributed by atoms with van der Waals surface area (Å²) in [4.78, 5) is 26.8. The maximum Gasteiger partial charge on any atom is 0.243 e. The van der Waals surface area contributed by atoms with Gasteiger partial charge in [0.25, 0.3) is 0 Å². The van der Waals surface area contributed by atoms with Gasteiger partial charge in [0.15, 0.2) is 0 Å². The number of halogens is 1. The molecule has 26 heavy (non-hydrogen) atoms. The number of para-hydroxylation sites is 1. The molecule has 0 saturated heterocycles. The number of carbonyl (C=O) groups is 2. The van der Waals surface area contributed by atoms with Crippen LogP contribution in [0, 0.1) is 5.92 Å². The van der Waals surface area contributed by atoms with Crippen molar-refractivity contribution in [3.63, 3.8) is 0 Å². The number of carbonyl (C=O) groups excluding carboxylic acids is 2. The molecule has 0 bridgehead atoms. The molecule has 2 aliphatic rings. The Morgan fingerprint density at radius 2 is 1.65 bits per heavy atom. The molecular weight excluding hydrogens is 394 g/mol. The Labute approximate surface area is 164 Å². The lowest BCUT2D eigenvalue weighted by atomic mass is 9.86. The molecular formula is C20H28BrN3O2. The molecule has 1 aromatic rings. The maximum atomic E-state index is 12.4. The second-order valence-electron chi connectivity index (χ2n) is 7.62. The Kier molecular flexibility index (Phi) is 6.70. The number of benzene rings is 1. The smallest absolute Gasteiger partial charge is 0.243 e. The topological polar surface area (TPSA) is 61.4 Å². The van der Waals surface area contributed by atoms with E-state index >= 15 is 0 Å². The van der Waals surface area contributed by atoms with Crippen molar-refractivity contribution in [3.05, 3.63) is 28.7 Å². The third-order valence-electron chi connectivity index (χ3n) is 5.39. The molecule has 2 saturated carbocycles. The summed E-state index contributed by atoms with van der Waals surface area (Å²) in [6.07, 6.45) is 7.28. The van der Waals surface area contributed by atoms with Crippen LogP contribution in [-0.2, 0) is 9.59 Å². The van der Waals surface area contributed by atoms with Crippen molar-refractivity contribution in [2.24, 2.45) is 5.92 Å². The van der Waals surface area contributed by atoms with Crippen LogP contribution in [0.25, 0.3) is 0 Å². The fourth-order valence-corrected chi connectivity index (χ4v) is 4.08. The van der Waals surface area contributed by atoms with Gasteiger partial charge in [-0.1, -0.05) is 19.1 Å². The van der Waals surface area contributed by atoms with Gasteiger partial charge < -0.3 is 10.6 Å². The Bertz CT molecular complexity index is 640. The Morgan fingerprint density at radius 3 is 2.27 bits per heavy atom. The molecule has 5 nitrogen and oxygen atoms in total. The molecule has 0 unspecified atom stereocenters. The Balaban J connectivity index is 1.45. The van der Waals surface area contributed by atoms with Gasteiger partial charge in [-0.15, -0.1) is 0 Å². The first-order chi connectivity index (χ1) is 12.5. The van der Waals surface area contributed by atoms with Crippen LogP contribution < -0.4 is 10.6 Å². The summed E-state index contributed by atoms with van der Waals surface area (Å²) in [6.45, 7) is 2.72. The highest BCUT2D eigenvalue weighted by molar-refractivity contribution is 9.10. The average molecular weight is 422 g/mol. The minimum Gasteiger partial charge on any atom is -0.346 e. The highest BCUT2D eigenvalue weighted by Gasteiger charge is 2.36. The molecule has 2 amide bonds. The number of anilines is 1. The van der Waals surface area contributed by atoms with E-state index in [-0.39, 0.29) is 18.4 Å². The Morgan fingerprint density at radius 1 is 1.04 bits per heavy atom. The maximum absolute atomic E-state index is 12.4. The van der Waals surface area contributed by atoms with Crippen LogP contribution in [0.3, 0.4) is 0 Å². The molecule has 6 heteroatoms. The number of hydrogen-bond donors (Lipinski definition) is 2. The van der Waals surface area contributed by atoms with Crippen LogP contribution in [0.4, 0.5) is 5.69 Å². The van der Waals surface area contributed by atoms with E-state index in [0.29, 0.717) is 24.3 Å². The van der Waals surface area contributed by atoms with Crippen molar-refractivity contribution in [1.82, 2.24) is 10.2 Å². The molecule has 2 N–H and O–H groups in total. The van der Waals surface area contributed by atoms with Crippen LogP contribution in [0.15, 0.2) is 28.7 Å². The van der Waals surface area contributed by atoms with E-state index < -0.39 is 0 Å². The summed E-state index contributed by atoms with van der Waals surface area (Å²) >= 11 is 3.40. The van der Waals surface area contributed by atoms with Crippen LogP contribution >= 0.6 is 15.9 Å². The van der Waals surface area contributed by atoms with Gasteiger partial charge in [0.1, 0.15) is 0 Å². The lowest BCUT2D eigenvalue weighted by Crippen LogP contribution is -2.46. The van der Waals surface area contributed by atoms with Gasteiger partial charge in [0, 0.05) is 16.6 Å². The molecule has 0 aliphatic heterocycles. The third kappa shape index (κ3) is 5.55. The standard InChI is InChI=1S/C20H28BrN3O2/c1-14-6-8-15(9-7-14)24(16-10-11-16)13-20(26)22-12-19(25)23-18-5-3-2-4-17(18)21/h2-5,14-16H,6-13H2,1H3,(H,22,26)(H,23,25). The first-order valence-corrected chi connectivity index (χ1v) is 10.4. The van der Waals surface area contributed by atoms with Gasteiger partial charge in [-0.25, -0.2) is 0 Å². The number of nitrogens with one attached hydrogen (secondary N) is 2. The molecule has 1 aromatic carbocycles. The molecule has 3 rings (SSSR count). The van der Waals surface area contributed by atoms with E-state index in [9.17, 15) is 9.59 Å². The van der Waals surface area contributed by atoms with Gasteiger partial charge >= 0.3 is 0 Å². The van der Waals surface area contributed by atoms with Gasteiger partial charge in [0.2, 0.25) is 11.8 Å². The van der Waals surface area contributed by atoms with Crippen LogP contribution in [0.2, 0.25) is 0 Å². The van der Waals surface area contributed by atoms with Crippen LogP contribution in [0.1, 0.15) is 45.4 Å². The highest BCUT2D eigenvalue weighted by Crippen LogP contribution is 2.34. The summed E-state index contributed by atoms with van der Waals surface area (Å²) in [6, 6.07) is 8.53. The van der Waals surface area contributed by atoms with E-state index in [4.69, 9.17) is 0 Å². The molecule has 142 valence electrons. The molecule has 0 heterocycles. The second kappa shape index (κ2) is 9.00. The van der Waals surface area contributed by atoms with Gasteiger partial charge in [0.05, 0.1) is 18.8 Å². The third-order valence-corrected chi connectivity index (χ3v) is 6.08. The fraction of sp³-hybridized carbons (Fsp3) is 0.600. The lowest BCUT2D eigenvalue weighted by Gasteiger charge is -2.36. The number of hydrogen-bond acceptors (Lipinski definition) is 3. The molecule has 2 fully saturated rings. The molecule has 0 aromatic heterocycles.